The lowest BCUT2D eigenvalue weighted by molar-refractivity contribution is 0.0804. The minimum Gasteiger partial charge on any atom is -0.471 e. The normalized spacial score (nSPS) is 12.1. The Kier molecular flexibility index (Phi) is 4.73. The summed E-state index contributed by atoms with van der Waals surface area (Å²) in [6.45, 7) is 6.27. The van der Waals surface area contributed by atoms with Crippen LogP contribution in [-0.2, 0) is 6.54 Å². The highest BCUT2D eigenvalue weighted by Gasteiger charge is 2.13. The average molecular weight is 294 g/mol. The second kappa shape index (κ2) is 6.35. The molecule has 1 aromatic heterocycles. The van der Waals surface area contributed by atoms with Gasteiger partial charge in [0.2, 0.25) is 5.88 Å². The highest BCUT2D eigenvalue weighted by molar-refractivity contribution is 5.89. The van der Waals surface area contributed by atoms with Gasteiger partial charge in [-0.15, -0.1) is 0 Å². The van der Waals surface area contributed by atoms with Crippen molar-refractivity contribution < 1.29 is 13.5 Å². The molecule has 1 heterocycles. The topological polar surface area (TPSA) is 34.2 Å². The number of hydrogen-bond acceptors (Lipinski definition) is 3. The number of aromatic nitrogens is 1. The first kappa shape index (κ1) is 15.6. The monoisotopic (exact) mass is 294 g/mol. The van der Waals surface area contributed by atoms with Gasteiger partial charge in [-0.25, -0.2) is 13.8 Å². The Morgan fingerprint density at radius 2 is 1.86 bits per heavy atom. The largest absolute Gasteiger partial charge is 0.471 e. The number of ether oxygens (including phenoxy) is 1. The summed E-state index contributed by atoms with van der Waals surface area (Å²) in [6, 6.07) is 7.55. The van der Waals surface area contributed by atoms with E-state index in [4.69, 9.17) is 4.74 Å². The minimum absolute atomic E-state index is 0.00799. The van der Waals surface area contributed by atoms with Crippen LogP contribution < -0.4 is 10.1 Å². The Balaban J connectivity index is 2.31. The lowest BCUT2D eigenvalue weighted by atomic mass is 10.1. The van der Waals surface area contributed by atoms with Crippen LogP contribution in [0.3, 0.4) is 0 Å². The number of alkyl halides is 2. The number of nitrogens with zero attached hydrogens (tertiary/aromatic N) is 1. The number of pyridine rings is 1. The third kappa shape index (κ3) is 4.36. The molecule has 0 atom stereocenters. The van der Waals surface area contributed by atoms with Crippen LogP contribution >= 0.6 is 0 Å². The van der Waals surface area contributed by atoms with Crippen LogP contribution in [0.1, 0.15) is 26.3 Å². The molecule has 2 aromatic rings. The summed E-state index contributed by atoms with van der Waals surface area (Å²) in [4.78, 5) is 4.18. The Morgan fingerprint density at radius 1 is 1.19 bits per heavy atom. The van der Waals surface area contributed by atoms with Gasteiger partial charge in [0.1, 0.15) is 0 Å². The predicted molar refractivity (Wildman–Crippen MR) is 79.8 cm³/mol. The van der Waals surface area contributed by atoms with E-state index in [1.165, 1.54) is 0 Å². The van der Waals surface area contributed by atoms with Gasteiger partial charge < -0.3 is 10.1 Å². The van der Waals surface area contributed by atoms with E-state index in [0.717, 1.165) is 16.3 Å². The van der Waals surface area contributed by atoms with Gasteiger partial charge in [0, 0.05) is 23.7 Å². The van der Waals surface area contributed by atoms with Gasteiger partial charge in [-0.3, -0.25) is 0 Å². The lowest BCUT2D eigenvalue weighted by Crippen LogP contribution is -2.35. The maximum atomic E-state index is 12.3. The molecule has 0 unspecified atom stereocenters. The average Bonchev–Trinajstić information content (AvgIpc) is 2.42. The number of hydrogen-bond donors (Lipinski definition) is 1. The summed E-state index contributed by atoms with van der Waals surface area (Å²) in [7, 11) is 0. The first-order valence-corrected chi connectivity index (χ1v) is 6.89. The molecule has 1 aromatic carbocycles. The van der Waals surface area contributed by atoms with Crippen molar-refractivity contribution in [1.29, 1.82) is 0 Å². The molecule has 0 bridgehead atoms. The van der Waals surface area contributed by atoms with E-state index in [0.29, 0.717) is 6.54 Å². The van der Waals surface area contributed by atoms with Crippen LogP contribution in [0.5, 0.6) is 5.88 Å². The molecule has 0 aliphatic heterocycles. The fourth-order valence-corrected chi connectivity index (χ4v) is 1.98. The quantitative estimate of drug-likeness (QED) is 0.911. The predicted octanol–water partition coefficient (Wildman–Crippen LogP) is 3.77. The maximum absolute atomic E-state index is 12.3. The fourth-order valence-electron chi connectivity index (χ4n) is 1.98. The number of rotatable bonds is 5. The zero-order valence-electron chi connectivity index (χ0n) is 12.5. The van der Waals surface area contributed by atoms with Crippen molar-refractivity contribution in [2.75, 3.05) is 6.61 Å². The third-order valence-corrected chi connectivity index (χ3v) is 3.00. The van der Waals surface area contributed by atoms with Gasteiger partial charge in [0.05, 0.1) is 0 Å². The Bertz CT molecular complexity index is 609. The molecule has 0 amide bonds. The number of benzene rings is 1. The Hall–Kier alpha value is -1.75. The van der Waals surface area contributed by atoms with Crippen molar-refractivity contribution in [3.8, 4) is 5.88 Å². The summed E-state index contributed by atoms with van der Waals surface area (Å²) >= 11 is 0. The zero-order valence-corrected chi connectivity index (χ0v) is 12.5. The third-order valence-electron chi connectivity index (χ3n) is 3.00. The SMILES string of the molecule is CC(C)(C)NCc1cnc(OCC(F)F)c2ccccc12. The van der Waals surface area contributed by atoms with Gasteiger partial charge >= 0.3 is 0 Å². The Morgan fingerprint density at radius 3 is 2.48 bits per heavy atom. The van der Waals surface area contributed by atoms with E-state index >= 15 is 0 Å². The number of fused-ring (bicyclic) bond motifs is 1. The van der Waals surface area contributed by atoms with E-state index in [1.807, 2.05) is 24.3 Å². The summed E-state index contributed by atoms with van der Waals surface area (Å²) in [5.74, 6) is 0.255. The highest BCUT2D eigenvalue weighted by atomic mass is 19.3. The van der Waals surface area contributed by atoms with Gasteiger partial charge in [0.25, 0.3) is 6.43 Å². The molecule has 0 fully saturated rings. The van der Waals surface area contributed by atoms with Crippen molar-refractivity contribution in [1.82, 2.24) is 10.3 Å². The molecule has 0 saturated carbocycles. The van der Waals surface area contributed by atoms with Crippen LogP contribution in [0.15, 0.2) is 30.5 Å². The smallest absolute Gasteiger partial charge is 0.272 e. The van der Waals surface area contributed by atoms with E-state index in [-0.39, 0.29) is 11.4 Å². The standard InChI is InChI=1S/C16H20F2N2O/c1-16(2,3)20-9-11-8-19-15(21-10-14(17)18)13-7-5-4-6-12(11)13/h4-8,14,20H,9-10H2,1-3H3. The first-order valence-electron chi connectivity index (χ1n) is 6.89. The summed E-state index contributed by atoms with van der Waals surface area (Å²) in [5.41, 5.74) is 1.01. The van der Waals surface area contributed by atoms with E-state index < -0.39 is 13.0 Å². The van der Waals surface area contributed by atoms with Crippen molar-refractivity contribution in [2.24, 2.45) is 0 Å². The van der Waals surface area contributed by atoms with Crippen LogP contribution in [0.25, 0.3) is 10.8 Å². The van der Waals surface area contributed by atoms with Gasteiger partial charge in [0.15, 0.2) is 6.61 Å². The van der Waals surface area contributed by atoms with Crippen LogP contribution in [0.2, 0.25) is 0 Å². The first-order chi connectivity index (χ1) is 9.87. The van der Waals surface area contributed by atoms with Crippen LogP contribution in [0.4, 0.5) is 8.78 Å². The molecule has 21 heavy (non-hydrogen) atoms. The number of nitrogens with one attached hydrogen (secondary N) is 1. The van der Waals surface area contributed by atoms with Crippen molar-refractivity contribution in [3.63, 3.8) is 0 Å². The van der Waals surface area contributed by atoms with Gasteiger partial charge in [-0.05, 0) is 37.8 Å². The van der Waals surface area contributed by atoms with Gasteiger partial charge in [-0.2, -0.15) is 0 Å². The molecular weight excluding hydrogens is 274 g/mol. The van der Waals surface area contributed by atoms with E-state index in [1.54, 1.807) is 6.20 Å². The molecule has 5 heteroatoms. The fraction of sp³-hybridized carbons (Fsp3) is 0.438. The number of halogens is 2. The summed E-state index contributed by atoms with van der Waals surface area (Å²) in [5, 5.41) is 5.12. The van der Waals surface area contributed by atoms with Crippen molar-refractivity contribution >= 4 is 10.8 Å². The lowest BCUT2D eigenvalue weighted by Gasteiger charge is -2.21. The highest BCUT2D eigenvalue weighted by Crippen LogP contribution is 2.26. The molecule has 0 radical (unpaired) electrons. The van der Waals surface area contributed by atoms with Crippen molar-refractivity contribution in [3.05, 3.63) is 36.0 Å². The summed E-state index contributed by atoms with van der Waals surface area (Å²) in [6.07, 6.45) is -0.824. The molecular formula is C16H20F2N2O. The molecule has 1 N–H and O–H groups in total. The zero-order chi connectivity index (χ0) is 15.5. The second-order valence-electron chi connectivity index (χ2n) is 5.94. The van der Waals surface area contributed by atoms with E-state index in [2.05, 4.69) is 31.1 Å². The molecule has 0 saturated heterocycles. The second-order valence-corrected chi connectivity index (χ2v) is 5.94. The minimum atomic E-state index is -2.51. The van der Waals surface area contributed by atoms with E-state index in [9.17, 15) is 8.78 Å². The molecule has 2 rings (SSSR count). The molecule has 0 spiro atoms. The van der Waals surface area contributed by atoms with Crippen LogP contribution in [0, 0.1) is 0 Å². The van der Waals surface area contributed by atoms with Gasteiger partial charge in [-0.1, -0.05) is 18.2 Å². The van der Waals surface area contributed by atoms with Crippen molar-refractivity contribution in [2.45, 2.75) is 39.3 Å². The molecule has 3 nitrogen and oxygen atoms in total. The molecule has 0 aliphatic rings. The maximum Gasteiger partial charge on any atom is 0.272 e. The van der Waals surface area contributed by atoms with Crippen LogP contribution in [-0.4, -0.2) is 23.6 Å². The summed E-state index contributed by atoms with van der Waals surface area (Å²) < 4.78 is 29.7. The molecule has 114 valence electrons. The molecule has 0 aliphatic carbocycles. The Labute approximate surface area is 123 Å².